The molecule has 0 aliphatic carbocycles. The van der Waals surface area contributed by atoms with Crippen LogP contribution in [0.15, 0.2) is 42.7 Å². The van der Waals surface area contributed by atoms with Gasteiger partial charge in [-0.15, -0.1) is 0 Å². The second kappa shape index (κ2) is 19.6. The van der Waals surface area contributed by atoms with E-state index in [4.69, 9.17) is 16.3 Å². The van der Waals surface area contributed by atoms with Crippen LogP contribution in [0.4, 0.5) is 19.0 Å². The number of hydrogen-bond donors (Lipinski definition) is 1. The van der Waals surface area contributed by atoms with Crippen molar-refractivity contribution in [1.29, 1.82) is 0 Å². The van der Waals surface area contributed by atoms with Crippen molar-refractivity contribution in [3.8, 4) is 16.9 Å². The molecule has 3 saturated heterocycles. The summed E-state index contributed by atoms with van der Waals surface area (Å²) in [6, 6.07) is 7.80. The van der Waals surface area contributed by atoms with Crippen LogP contribution in [0.25, 0.3) is 22.0 Å². The maximum absolute atomic E-state index is 16.1. The van der Waals surface area contributed by atoms with Crippen LogP contribution < -0.4 is 15.0 Å². The summed E-state index contributed by atoms with van der Waals surface area (Å²) in [7, 11) is 0. The van der Waals surface area contributed by atoms with Crippen LogP contribution in [0.2, 0.25) is 5.02 Å². The highest BCUT2D eigenvalue weighted by atomic mass is 35.5. The molecular weight excluding hydrogens is 835 g/mol. The number of likely N-dealkylation sites (tertiary alicyclic amines) is 1. The van der Waals surface area contributed by atoms with E-state index in [1.807, 2.05) is 11.8 Å². The molecule has 5 heterocycles. The Balaban J connectivity index is 0.780. The lowest BCUT2D eigenvalue weighted by molar-refractivity contribution is -0.137. The molecule has 63 heavy (non-hydrogen) atoms. The minimum absolute atomic E-state index is 0.0275. The first-order valence-electron chi connectivity index (χ1n) is 22.3. The van der Waals surface area contributed by atoms with E-state index in [-0.39, 0.29) is 64.9 Å². The molecular formula is C47H53ClF3N7O5. The van der Waals surface area contributed by atoms with Crippen LogP contribution in [-0.2, 0) is 20.9 Å². The number of piperidine rings is 2. The van der Waals surface area contributed by atoms with Gasteiger partial charge >= 0.3 is 0 Å². The maximum atomic E-state index is 16.1. The van der Waals surface area contributed by atoms with Gasteiger partial charge in [0.25, 0.3) is 5.91 Å². The molecule has 1 N–H and O–H groups in total. The lowest BCUT2D eigenvalue weighted by Gasteiger charge is -2.35. The van der Waals surface area contributed by atoms with Crippen LogP contribution >= 0.6 is 11.6 Å². The van der Waals surface area contributed by atoms with E-state index in [0.717, 1.165) is 82.1 Å². The first-order valence-corrected chi connectivity index (χ1v) is 22.7. The second-order valence-corrected chi connectivity index (χ2v) is 17.4. The van der Waals surface area contributed by atoms with Gasteiger partial charge in [-0.1, -0.05) is 50.3 Å². The number of amides is 4. The van der Waals surface area contributed by atoms with Crippen LogP contribution in [0, 0.1) is 17.5 Å². The predicted octanol–water partition coefficient (Wildman–Crippen LogP) is 7.79. The van der Waals surface area contributed by atoms with E-state index in [2.05, 4.69) is 20.2 Å². The second-order valence-electron chi connectivity index (χ2n) is 17.0. The number of carbonyl (C=O) groups is 4. The third-order valence-corrected chi connectivity index (χ3v) is 13.4. The van der Waals surface area contributed by atoms with Crippen molar-refractivity contribution >= 4 is 52.0 Å². The maximum Gasteiger partial charge on any atom is 0.255 e. The van der Waals surface area contributed by atoms with Gasteiger partial charge in [-0.2, -0.15) is 0 Å². The van der Waals surface area contributed by atoms with E-state index in [1.165, 1.54) is 35.5 Å². The number of nitrogens with one attached hydrogen (secondary N) is 1. The number of rotatable bonds is 15. The van der Waals surface area contributed by atoms with Crippen LogP contribution in [0.1, 0.15) is 105 Å². The summed E-state index contributed by atoms with van der Waals surface area (Å²) >= 11 is 6.84. The summed E-state index contributed by atoms with van der Waals surface area (Å²) in [6.07, 6.45) is 9.80. The average Bonchev–Trinajstić information content (AvgIpc) is 3.60. The number of carbonyl (C=O) groups excluding carboxylic acids is 4. The van der Waals surface area contributed by atoms with Gasteiger partial charge in [-0.25, -0.2) is 23.1 Å². The molecule has 1 atom stereocenters. The highest BCUT2D eigenvalue weighted by Crippen LogP contribution is 2.43. The van der Waals surface area contributed by atoms with Crippen molar-refractivity contribution in [1.82, 2.24) is 30.0 Å². The number of hydrogen-bond acceptors (Lipinski definition) is 9. The largest absolute Gasteiger partial charge is 0.493 e. The Morgan fingerprint density at radius 1 is 0.873 bits per heavy atom. The number of piperazine rings is 1. The minimum Gasteiger partial charge on any atom is -0.493 e. The molecule has 16 heteroatoms. The fraction of sp³-hybridized carbons (Fsp3) is 0.489. The zero-order chi connectivity index (χ0) is 44.2. The van der Waals surface area contributed by atoms with E-state index < -0.39 is 29.4 Å². The van der Waals surface area contributed by atoms with Crippen molar-refractivity contribution < 1.29 is 37.1 Å². The molecule has 12 nitrogen and oxygen atoms in total. The molecule has 3 aromatic carbocycles. The number of fused-ring (bicyclic) bond motifs is 2. The number of ether oxygens (including phenoxy) is 1. The normalized spacial score (nSPS) is 18.7. The summed E-state index contributed by atoms with van der Waals surface area (Å²) in [5, 5.41) is 2.71. The molecule has 4 aliphatic heterocycles. The quantitative estimate of drug-likeness (QED) is 0.0941. The Kier molecular flexibility index (Phi) is 13.8. The molecule has 8 rings (SSSR count). The third-order valence-electron chi connectivity index (χ3n) is 13.1. The van der Waals surface area contributed by atoms with Crippen molar-refractivity contribution in [2.24, 2.45) is 0 Å². The third kappa shape index (κ3) is 9.50. The molecule has 0 radical (unpaired) electrons. The van der Waals surface area contributed by atoms with Crippen molar-refractivity contribution in [3.63, 3.8) is 0 Å². The molecule has 0 unspecified atom stereocenters. The summed E-state index contributed by atoms with van der Waals surface area (Å²) < 4.78 is 52.5. The highest BCUT2D eigenvalue weighted by molar-refractivity contribution is 6.38. The Bertz CT molecular complexity index is 2390. The van der Waals surface area contributed by atoms with Gasteiger partial charge < -0.3 is 24.3 Å². The fourth-order valence-electron chi connectivity index (χ4n) is 9.67. The van der Waals surface area contributed by atoms with Gasteiger partial charge in [0.05, 0.1) is 22.7 Å². The molecule has 4 amide bonds. The molecule has 4 aromatic rings. The SMILES string of the molecule is CCC(=O)N1CCN(c2ncnc3c(Cl)c(-c4c(F)cccc4OCCCCCCCCN4CCC(c5cc(F)cc6c5CN([C@@H]5CCC(=O)NC5=O)C6=O)CC4)c(F)cc23)CC1. The Morgan fingerprint density at radius 3 is 2.37 bits per heavy atom. The average molecular weight is 888 g/mol. The van der Waals surface area contributed by atoms with E-state index in [9.17, 15) is 23.6 Å². The minimum atomic E-state index is -0.734. The molecule has 334 valence electrons. The lowest BCUT2D eigenvalue weighted by Crippen LogP contribution is -2.52. The fourth-order valence-corrected chi connectivity index (χ4v) is 10.0. The number of unbranched alkanes of at least 4 members (excludes halogenated alkanes) is 5. The van der Waals surface area contributed by atoms with Gasteiger partial charge in [-0.3, -0.25) is 24.5 Å². The lowest BCUT2D eigenvalue weighted by atomic mass is 9.85. The highest BCUT2D eigenvalue weighted by Gasteiger charge is 2.41. The smallest absolute Gasteiger partial charge is 0.255 e. The van der Waals surface area contributed by atoms with E-state index in [1.54, 1.807) is 17.0 Å². The topological polar surface area (TPSA) is 128 Å². The van der Waals surface area contributed by atoms with E-state index in [0.29, 0.717) is 61.5 Å². The molecule has 4 aliphatic rings. The van der Waals surface area contributed by atoms with Crippen molar-refractivity contribution in [2.45, 2.75) is 96.1 Å². The Labute approximate surface area is 370 Å². The number of halogens is 4. The van der Waals surface area contributed by atoms with Gasteiger partial charge in [0.2, 0.25) is 17.7 Å². The molecule has 0 saturated carbocycles. The summed E-state index contributed by atoms with van der Waals surface area (Å²) in [5.41, 5.74) is 2.11. The first-order chi connectivity index (χ1) is 30.5. The molecule has 3 fully saturated rings. The summed E-state index contributed by atoms with van der Waals surface area (Å²) in [5.74, 6) is -2.08. The number of benzene rings is 3. The summed E-state index contributed by atoms with van der Waals surface area (Å²) in [6.45, 7) is 7.24. The van der Waals surface area contributed by atoms with Crippen molar-refractivity contribution in [3.05, 3.63) is 81.9 Å². The van der Waals surface area contributed by atoms with Gasteiger partial charge in [0.15, 0.2) is 0 Å². The Hall–Kier alpha value is -5.28. The number of anilines is 1. The van der Waals surface area contributed by atoms with Crippen LogP contribution in [0.3, 0.4) is 0 Å². The van der Waals surface area contributed by atoms with Crippen molar-refractivity contribution in [2.75, 3.05) is 57.3 Å². The van der Waals surface area contributed by atoms with Gasteiger partial charge in [-0.05, 0) is 99.1 Å². The summed E-state index contributed by atoms with van der Waals surface area (Å²) in [4.78, 5) is 66.2. The zero-order valence-electron chi connectivity index (χ0n) is 35.6. The molecule has 1 aromatic heterocycles. The van der Waals surface area contributed by atoms with Crippen LogP contribution in [-0.4, -0.2) is 107 Å². The Morgan fingerprint density at radius 2 is 1.62 bits per heavy atom. The molecule has 0 bridgehead atoms. The number of imide groups is 1. The van der Waals surface area contributed by atoms with Crippen LogP contribution in [0.5, 0.6) is 5.75 Å². The standard InChI is InChI=1S/C47H53ClF3N7O5/c1-2-40(60)56-19-21-57(22-20-56)45-33-26-36(51)42(43(48)44(33)52-28-53-45)41-35(50)10-9-11-38(41)63-23-8-6-4-3-5-7-16-55-17-14-29(15-18-55)31-24-30(49)25-32-34(31)27-58(47(32)62)37-12-13-39(59)54-46(37)61/h9-11,24-26,28-29,37H,2-8,12-23,27H2,1H3,(H,54,59,61)/t37-/m1/s1. The molecule has 0 spiro atoms. The van der Waals surface area contributed by atoms with Gasteiger partial charge in [0, 0.05) is 62.1 Å². The number of aromatic nitrogens is 2. The van der Waals surface area contributed by atoms with Gasteiger partial charge in [0.1, 0.15) is 41.4 Å². The number of nitrogens with zero attached hydrogens (tertiary/aromatic N) is 6. The van der Waals surface area contributed by atoms with E-state index >= 15 is 8.78 Å². The zero-order valence-corrected chi connectivity index (χ0v) is 36.3. The first kappa shape index (κ1) is 44.3. The monoisotopic (exact) mass is 887 g/mol. The predicted molar refractivity (Wildman–Crippen MR) is 233 cm³/mol.